The van der Waals surface area contributed by atoms with Gasteiger partial charge in [0.1, 0.15) is 12.4 Å². The van der Waals surface area contributed by atoms with Crippen LogP contribution in [0, 0.1) is 0 Å². The van der Waals surface area contributed by atoms with Gasteiger partial charge in [-0.1, -0.05) is 0 Å². The molecule has 0 amide bonds. The molecule has 98 valence electrons. The van der Waals surface area contributed by atoms with E-state index in [1.807, 2.05) is 0 Å². The van der Waals surface area contributed by atoms with E-state index in [2.05, 4.69) is 25.9 Å². The van der Waals surface area contributed by atoms with Crippen LogP contribution in [0.1, 0.15) is 5.76 Å². The lowest BCUT2D eigenvalue weighted by atomic mass is 10.2. The monoisotopic (exact) mass is 323 g/mol. The molecule has 0 aromatic carbocycles. The average molecular weight is 324 g/mol. The van der Waals surface area contributed by atoms with Gasteiger partial charge < -0.3 is 10.2 Å². The van der Waals surface area contributed by atoms with Crippen LogP contribution in [-0.4, -0.2) is 17.4 Å². The predicted octanol–water partition coefficient (Wildman–Crippen LogP) is 3.48. The Morgan fingerprint density at radius 3 is 2.89 bits per heavy atom. The summed E-state index contributed by atoms with van der Waals surface area (Å²) in [5, 5.41) is 0. The summed E-state index contributed by atoms with van der Waals surface area (Å²) in [4.78, 5) is 8.12. The van der Waals surface area contributed by atoms with Gasteiger partial charge in [0, 0.05) is 10.7 Å². The first kappa shape index (κ1) is 13.5. The van der Waals surface area contributed by atoms with Crippen molar-refractivity contribution >= 4 is 33.2 Å². The summed E-state index contributed by atoms with van der Waals surface area (Å²) in [5.41, 5.74) is 6.29. The maximum Gasteiger partial charge on any atom is 0.152 e. The van der Waals surface area contributed by atoms with E-state index in [4.69, 9.17) is 10.2 Å². The van der Waals surface area contributed by atoms with Crippen molar-refractivity contribution in [3.63, 3.8) is 0 Å². The molecule has 6 heteroatoms. The van der Waals surface area contributed by atoms with Crippen molar-refractivity contribution in [2.24, 2.45) is 10.7 Å². The fraction of sp³-hybridized carbons (Fsp3) is 0.0769. The van der Waals surface area contributed by atoms with Crippen LogP contribution >= 0.6 is 15.9 Å². The summed E-state index contributed by atoms with van der Waals surface area (Å²) in [6.07, 6.45) is 4.52. The minimum absolute atomic E-state index is 0.184. The molecule has 0 spiro atoms. The standard InChI is InChI=1S/C13H11BrFN3O/c14-9-3-4-13(17-8-9)18-10(7-15)6-11(16)12-2-1-5-19-12/h1-6,8H,7,16H2/b11-6-,18-10?. The highest BCUT2D eigenvalue weighted by Crippen LogP contribution is 2.15. The molecule has 2 N–H and O–H groups in total. The molecule has 4 nitrogen and oxygen atoms in total. The maximum absolute atomic E-state index is 12.9. The molecule has 0 fully saturated rings. The number of nitrogens with two attached hydrogens (primary N) is 1. The topological polar surface area (TPSA) is 64.4 Å². The van der Waals surface area contributed by atoms with Crippen molar-refractivity contribution in [2.45, 2.75) is 0 Å². The number of rotatable bonds is 4. The predicted molar refractivity (Wildman–Crippen MR) is 75.9 cm³/mol. The van der Waals surface area contributed by atoms with E-state index in [0.717, 1.165) is 4.47 Å². The van der Waals surface area contributed by atoms with E-state index in [-0.39, 0.29) is 5.71 Å². The Labute approximate surface area is 118 Å². The highest BCUT2D eigenvalue weighted by Gasteiger charge is 2.03. The van der Waals surface area contributed by atoms with Crippen molar-refractivity contribution < 1.29 is 8.81 Å². The van der Waals surface area contributed by atoms with Gasteiger partial charge in [-0.25, -0.2) is 14.4 Å². The van der Waals surface area contributed by atoms with Gasteiger partial charge in [0.15, 0.2) is 5.82 Å². The second kappa shape index (κ2) is 6.29. The first-order valence-corrected chi connectivity index (χ1v) is 6.24. The molecule has 0 saturated carbocycles. The number of hydrogen-bond acceptors (Lipinski definition) is 4. The SMILES string of the molecule is N/C(=C\C(CF)=Nc1ccc(Br)cn1)c1ccco1. The minimum Gasteiger partial charge on any atom is -0.463 e. The van der Waals surface area contributed by atoms with Gasteiger partial charge in [-0.15, -0.1) is 0 Å². The molecule has 2 aromatic heterocycles. The van der Waals surface area contributed by atoms with Gasteiger partial charge in [-0.3, -0.25) is 0 Å². The van der Waals surface area contributed by atoms with Gasteiger partial charge in [0.25, 0.3) is 0 Å². The van der Waals surface area contributed by atoms with E-state index in [1.165, 1.54) is 12.3 Å². The Hall–Kier alpha value is -1.95. The smallest absolute Gasteiger partial charge is 0.152 e. The highest BCUT2D eigenvalue weighted by atomic mass is 79.9. The Balaban J connectivity index is 2.25. The summed E-state index contributed by atoms with van der Waals surface area (Å²) in [6, 6.07) is 6.86. The molecule has 2 aromatic rings. The second-order valence-electron chi connectivity index (χ2n) is 3.65. The number of furan rings is 1. The van der Waals surface area contributed by atoms with Crippen LogP contribution in [-0.2, 0) is 0 Å². The number of alkyl halides is 1. The Morgan fingerprint density at radius 2 is 2.32 bits per heavy atom. The molecule has 0 aliphatic heterocycles. The van der Waals surface area contributed by atoms with E-state index in [0.29, 0.717) is 17.3 Å². The number of pyridine rings is 1. The van der Waals surface area contributed by atoms with Gasteiger partial charge in [-0.2, -0.15) is 0 Å². The summed E-state index contributed by atoms with van der Waals surface area (Å²) < 4.78 is 18.9. The van der Waals surface area contributed by atoms with Gasteiger partial charge in [0.05, 0.1) is 17.7 Å². The fourth-order valence-corrected chi connectivity index (χ4v) is 1.61. The lowest BCUT2D eigenvalue weighted by molar-refractivity contribution is 0.552. The Morgan fingerprint density at radius 1 is 1.47 bits per heavy atom. The fourth-order valence-electron chi connectivity index (χ4n) is 1.38. The van der Waals surface area contributed by atoms with Crippen molar-refractivity contribution in [3.8, 4) is 0 Å². The number of aromatic nitrogens is 1. The first-order chi connectivity index (χ1) is 9.19. The molecule has 0 aliphatic carbocycles. The van der Waals surface area contributed by atoms with E-state index >= 15 is 0 Å². The second-order valence-corrected chi connectivity index (χ2v) is 4.56. The third kappa shape index (κ3) is 3.75. The van der Waals surface area contributed by atoms with Crippen molar-refractivity contribution in [1.82, 2.24) is 4.98 Å². The molecule has 0 saturated heterocycles. The van der Waals surface area contributed by atoms with E-state index < -0.39 is 6.67 Å². The molecular formula is C13H11BrFN3O. The van der Waals surface area contributed by atoms with Crippen molar-refractivity contribution in [3.05, 3.63) is 53.0 Å². The molecule has 0 bridgehead atoms. The summed E-state index contributed by atoms with van der Waals surface area (Å²) >= 11 is 3.27. The Kier molecular flexibility index (Phi) is 4.46. The van der Waals surface area contributed by atoms with Crippen LogP contribution in [0.4, 0.5) is 10.2 Å². The molecule has 2 rings (SSSR count). The van der Waals surface area contributed by atoms with Crippen LogP contribution in [0.3, 0.4) is 0 Å². The molecule has 2 heterocycles. The van der Waals surface area contributed by atoms with Crippen LogP contribution in [0.25, 0.3) is 5.70 Å². The van der Waals surface area contributed by atoms with Crippen LogP contribution < -0.4 is 5.73 Å². The zero-order valence-corrected chi connectivity index (χ0v) is 11.5. The zero-order valence-electron chi connectivity index (χ0n) is 9.88. The van der Waals surface area contributed by atoms with Crippen molar-refractivity contribution in [2.75, 3.05) is 6.67 Å². The number of allylic oxidation sites excluding steroid dienone is 1. The maximum atomic E-state index is 12.9. The number of aliphatic imine (C=N–C) groups is 1. The average Bonchev–Trinajstić information content (AvgIpc) is 2.94. The van der Waals surface area contributed by atoms with Crippen LogP contribution in [0.5, 0.6) is 0 Å². The number of nitrogens with zero attached hydrogens (tertiary/aromatic N) is 2. The third-order valence-corrected chi connectivity index (χ3v) is 2.70. The zero-order chi connectivity index (χ0) is 13.7. The van der Waals surface area contributed by atoms with Gasteiger partial charge in [-0.05, 0) is 46.3 Å². The lowest BCUT2D eigenvalue weighted by Crippen LogP contribution is -2.03. The molecule has 0 aliphatic rings. The quantitative estimate of drug-likeness (QED) is 0.876. The van der Waals surface area contributed by atoms with E-state index in [1.54, 1.807) is 30.5 Å². The Bertz CT molecular complexity index is 591. The molecular weight excluding hydrogens is 313 g/mol. The molecule has 0 unspecified atom stereocenters. The third-order valence-electron chi connectivity index (χ3n) is 2.23. The lowest BCUT2D eigenvalue weighted by Gasteiger charge is -1.99. The molecule has 0 radical (unpaired) electrons. The van der Waals surface area contributed by atoms with E-state index in [9.17, 15) is 4.39 Å². The summed E-state index contributed by atoms with van der Waals surface area (Å²) in [7, 11) is 0. The molecule has 19 heavy (non-hydrogen) atoms. The van der Waals surface area contributed by atoms with Crippen LogP contribution in [0.15, 0.2) is 56.7 Å². The summed E-state index contributed by atoms with van der Waals surface area (Å²) in [5.74, 6) is 0.893. The first-order valence-electron chi connectivity index (χ1n) is 5.45. The number of hydrogen-bond donors (Lipinski definition) is 1. The van der Waals surface area contributed by atoms with Gasteiger partial charge >= 0.3 is 0 Å². The van der Waals surface area contributed by atoms with Crippen molar-refractivity contribution in [1.29, 1.82) is 0 Å². The minimum atomic E-state index is -0.737. The van der Waals surface area contributed by atoms with Gasteiger partial charge in [0.2, 0.25) is 0 Å². The summed E-state index contributed by atoms with van der Waals surface area (Å²) in [6.45, 7) is -0.737. The normalized spacial score (nSPS) is 12.7. The largest absolute Gasteiger partial charge is 0.463 e. The highest BCUT2D eigenvalue weighted by molar-refractivity contribution is 9.10. The molecule has 0 atom stereocenters. The van der Waals surface area contributed by atoms with Crippen LogP contribution in [0.2, 0.25) is 0 Å². The number of halogens is 2.